The van der Waals surface area contributed by atoms with E-state index in [2.05, 4.69) is 13.1 Å². The molecular weight excluding hydrogens is 465 g/mol. The standard InChI is InChI=1S/C20H40N7O2PS2/c28-31(26-17-9-3-10-18-26)21-30(24-13-5-1-6-14-24,25-15-7-2-8-16-25)22-32(29,23-31)27-19-11-4-12-20-27/h1-20H2/t31-,32-/m0/s1. The van der Waals surface area contributed by atoms with E-state index in [0.29, 0.717) is 0 Å². The Morgan fingerprint density at radius 1 is 0.500 bits per heavy atom. The van der Waals surface area contributed by atoms with Crippen LogP contribution in [0.4, 0.5) is 0 Å². The minimum atomic E-state index is -3.12. The summed E-state index contributed by atoms with van der Waals surface area (Å²) in [6.07, 6.45) is 13.2. The van der Waals surface area contributed by atoms with E-state index in [1.165, 1.54) is 12.8 Å². The van der Waals surface area contributed by atoms with Crippen LogP contribution in [0.25, 0.3) is 0 Å². The first kappa shape index (κ1) is 23.7. The summed E-state index contributed by atoms with van der Waals surface area (Å²) in [5.74, 6) is 0. The van der Waals surface area contributed by atoms with Crippen molar-refractivity contribution >= 4 is 27.7 Å². The molecule has 0 unspecified atom stereocenters. The molecule has 0 spiro atoms. The lowest BCUT2D eigenvalue weighted by molar-refractivity contribution is 0.303. The smallest absolute Gasteiger partial charge is 0.238 e. The van der Waals surface area contributed by atoms with Crippen molar-refractivity contribution in [3.8, 4) is 0 Å². The number of hydrogen-bond acceptors (Lipinski definition) is 5. The van der Waals surface area contributed by atoms with Gasteiger partial charge in [0.05, 0.1) is 0 Å². The first-order chi connectivity index (χ1) is 15.5. The van der Waals surface area contributed by atoms with Gasteiger partial charge in [-0.05, 0) is 51.4 Å². The number of rotatable bonds is 4. The van der Waals surface area contributed by atoms with Crippen LogP contribution >= 0.6 is 7.51 Å². The van der Waals surface area contributed by atoms with Crippen molar-refractivity contribution in [2.75, 3.05) is 52.4 Å². The van der Waals surface area contributed by atoms with Crippen molar-refractivity contribution in [3.63, 3.8) is 0 Å². The molecule has 5 aliphatic rings. The van der Waals surface area contributed by atoms with Crippen LogP contribution in [0, 0.1) is 0 Å². The van der Waals surface area contributed by atoms with Gasteiger partial charge in [0.1, 0.15) is 0 Å². The maximum Gasteiger partial charge on any atom is 0.238 e. The molecule has 2 atom stereocenters. The number of piperidine rings is 4. The average Bonchev–Trinajstić information content (AvgIpc) is 2.86. The third-order valence-corrected chi connectivity index (χ3v) is 16.8. The van der Waals surface area contributed by atoms with E-state index >= 15 is 0 Å². The molecule has 0 aromatic heterocycles. The van der Waals surface area contributed by atoms with Crippen LogP contribution in [0.5, 0.6) is 0 Å². The molecule has 0 N–H and O–H groups in total. The molecule has 5 rings (SSSR count). The SMILES string of the molecule is O=[S@@]1(N2CCCCC2)=NP(N2CCCCC2)(N2CCCCC2)=N[S@@](=O)(N2CCCCC2)=N1. The molecule has 4 fully saturated rings. The molecule has 0 aliphatic carbocycles. The molecule has 32 heavy (non-hydrogen) atoms. The maximum absolute atomic E-state index is 14.6. The Bertz CT molecular complexity index is 910. The summed E-state index contributed by atoms with van der Waals surface area (Å²) in [6, 6.07) is 0. The lowest BCUT2D eigenvalue weighted by Gasteiger charge is -2.45. The molecule has 9 nitrogen and oxygen atoms in total. The fourth-order valence-electron chi connectivity index (χ4n) is 5.54. The van der Waals surface area contributed by atoms with Crippen LogP contribution < -0.4 is 0 Å². The lowest BCUT2D eigenvalue weighted by atomic mass is 10.2. The molecule has 12 heteroatoms. The van der Waals surface area contributed by atoms with E-state index in [0.717, 1.165) is 117 Å². The summed E-state index contributed by atoms with van der Waals surface area (Å²) >= 11 is 0. The van der Waals surface area contributed by atoms with E-state index in [-0.39, 0.29) is 0 Å². The quantitative estimate of drug-likeness (QED) is 0.527. The van der Waals surface area contributed by atoms with Gasteiger partial charge in [-0.15, -0.1) is 8.28 Å². The highest BCUT2D eigenvalue weighted by Crippen LogP contribution is 2.63. The molecule has 0 amide bonds. The van der Waals surface area contributed by atoms with Crippen LogP contribution in [0.3, 0.4) is 0 Å². The van der Waals surface area contributed by atoms with Gasteiger partial charge in [-0.1, -0.05) is 29.5 Å². The third kappa shape index (κ3) is 4.60. The zero-order valence-electron chi connectivity index (χ0n) is 19.4. The monoisotopic (exact) mass is 505 g/mol. The molecule has 0 bridgehead atoms. The van der Waals surface area contributed by atoms with Crippen LogP contribution in [-0.4, -0.2) is 78.7 Å². The minimum absolute atomic E-state index is 0.724. The van der Waals surface area contributed by atoms with Gasteiger partial charge in [0.15, 0.2) is 0 Å². The Balaban J connectivity index is 1.71. The highest BCUT2D eigenvalue weighted by Gasteiger charge is 2.45. The molecule has 184 valence electrons. The summed E-state index contributed by atoms with van der Waals surface area (Å²) in [4.78, 5) is 0. The molecule has 0 aromatic rings. The van der Waals surface area contributed by atoms with Gasteiger partial charge in [-0.3, -0.25) is 0 Å². The Labute approximate surface area is 195 Å². The van der Waals surface area contributed by atoms with Crippen LogP contribution in [0.2, 0.25) is 0 Å². The number of hydrogen-bond donors (Lipinski definition) is 0. The van der Waals surface area contributed by atoms with Crippen molar-refractivity contribution in [3.05, 3.63) is 0 Å². The summed E-state index contributed by atoms with van der Waals surface area (Å²) in [7, 11) is -8.96. The molecule has 0 radical (unpaired) electrons. The van der Waals surface area contributed by atoms with Crippen molar-refractivity contribution < 1.29 is 8.42 Å². The number of nitrogens with zero attached hydrogens (tertiary/aromatic N) is 7. The Morgan fingerprint density at radius 3 is 1.31 bits per heavy atom. The fourth-order valence-corrected chi connectivity index (χ4v) is 16.7. The van der Waals surface area contributed by atoms with Crippen molar-refractivity contribution in [1.29, 1.82) is 0 Å². The van der Waals surface area contributed by atoms with Crippen molar-refractivity contribution in [2.45, 2.75) is 77.0 Å². The highest BCUT2D eigenvalue weighted by molar-refractivity contribution is 8.06. The van der Waals surface area contributed by atoms with Gasteiger partial charge in [-0.25, -0.2) is 17.8 Å². The lowest BCUT2D eigenvalue weighted by Crippen LogP contribution is -2.43. The first-order valence-corrected chi connectivity index (χ1v) is 17.2. The van der Waals surface area contributed by atoms with E-state index in [9.17, 15) is 8.42 Å². The van der Waals surface area contributed by atoms with E-state index in [4.69, 9.17) is 8.28 Å². The Morgan fingerprint density at radius 2 is 0.875 bits per heavy atom. The van der Waals surface area contributed by atoms with Gasteiger partial charge in [-0.2, -0.15) is 8.61 Å². The Kier molecular flexibility index (Phi) is 7.34. The average molecular weight is 506 g/mol. The van der Waals surface area contributed by atoms with Gasteiger partial charge in [0, 0.05) is 52.4 Å². The highest BCUT2D eigenvalue weighted by atomic mass is 32.3. The summed E-state index contributed by atoms with van der Waals surface area (Å²) < 4.78 is 52.9. The third-order valence-electron chi connectivity index (χ3n) is 7.35. The predicted molar refractivity (Wildman–Crippen MR) is 132 cm³/mol. The van der Waals surface area contributed by atoms with E-state index in [1.54, 1.807) is 0 Å². The van der Waals surface area contributed by atoms with Crippen LogP contribution in [-0.2, 0) is 20.2 Å². The molecule has 5 aliphatic heterocycles. The molecule has 0 aromatic carbocycles. The topological polar surface area (TPSA) is 84.2 Å². The van der Waals surface area contributed by atoms with Gasteiger partial charge < -0.3 is 0 Å². The van der Waals surface area contributed by atoms with E-state index < -0.39 is 27.7 Å². The summed E-state index contributed by atoms with van der Waals surface area (Å²) in [6.45, 7) is 6.51. The Hall–Kier alpha value is -0.0300. The second-order valence-electron chi connectivity index (χ2n) is 9.72. The van der Waals surface area contributed by atoms with Gasteiger partial charge in [0.25, 0.3) is 0 Å². The van der Waals surface area contributed by atoms with Gasteiger partial charge >= 0.3 is 0 Å². The summed E-state index contributed by atoms with van der Waals surface area (Å²) in [5, 5.41) is 0. The predicted octanol–water partition coefficient (Wildman–Crippen LogP) is 4.49. The molecular formula is C20H40N7O2PS2. The van der Waals surface area contributed by atoms with E-state index in [1.807, 2.05) is 8.61 Å². The second kappa shape index (κ2) is 9.91. The van der Waals surface area contributed by atoms with Crippen LogP contribution in [0.15, 0.2) is 12.1 Å². The molecule has 5 heterocycles. The molecule has 4 saturated heterocycles. The zero-order valence-corrected chi connectivity index (χ0v) is 21.9. The first-order valence-electron chi connectivity index (χ1n) is 12.8. The largest absolute Gasteiger partial charge is 0.239 e. The summed E-state index contributed by atoms with van der Waals surface area (Å²) in [5.41, 5.74) is 0. The fraction of sp³-hybridized carbons (Fsp3) is 1.00. The zero-order chi connectivity index (χ0) is 22.1. The van der Waals surface area contributed by atoms with Gasteiger partial charge in [0.2, 0.25) is 27.7 Å². The van der Waals surface area contributed by atoms with Crippen LogP contribution in [0.1, 0.15) is 77.0 Å². The second-order valence-corrected chi connectivity index (χ2v) is 16.7. The minimum Gasteiger partial charge on any atom is -0.239 e. The molecule has 0 saturated carbocycles. The normalized spacial score (nSPS) is 38.4. The maximum atomic E-state index is 14.6. The van der Waals surface area contributed by atoms with Crippen molar-refractivity contribution in [1.82, 2.24) is 18.0 Å². The van der Waals surface area contributed by atoms with Crippen molar-refractivity contribution in [2.24, 2.45) is 12.1 Å².